The molecule has 0 saturated heterocycles. The molecule has 8 heteroatoms. The van der Waals surface area contributed by atoms with Gasteiger partial charge in [0.05, 0.1) is 22.3 Å². The molecule has 2 aromatic rings. The van der Waals surface area contributed by atoms with Crippen LogP contribution in [0.1, 0.15) is 0 Å². The standard InChI is InChI=1S/C6H3ClN4O2S/c7-4-3-5(11(12)13)14-6(4)10-8-1-2-9-10/h1-3H. The van der Waals surface area contributed by atoms with Crippen molar-refractivity contribution in [3.8, 4) is 5.00 Å². The van der Waals surface area contributed by atoms with Crippen LogP contribution in [0.15, 0.2) is 18.5 Å². The number of aromatic nitrogens is 3. The molecule has 2 heterocycles. The van der Waals surface area contributed by atoms with Gasteiger partial charge in [-0.2, -0.15) is 10.2 Å². The normalized spacial score (nSPS) is 10.4. The van der Waals surface area contributed by atoms with E-state index in [-0.39, 0.29) is 10.0 Å². The number of thiophene rings is 1. The van der Waals surface area contributed by atoms with Crippen LogP contribution in [0.25, 0.3) is 5.00 Å². The molecular weight excluding hydrogens is 228 g/mol. The second-order valence-electron chi connectivity index (χ2n) is 2.31. The van der Waals surface area contributed by atoms with Gasteiger partial charge in [-0.1, -0.05) is 11.6 Å². The number of hydrogen-bond acceptors (Lipinski definition) is 5. The lowest BCUT2D eigenvalue weighted by Gasteiger charge is -1.92. The SMILES string of the molecule is O=[N+]([O-])c1cc(Cl)c(-n2nccn2)s1. The second-order valence-corrected chi connectivity index (χ2v) is 3.73. The van der Waals surface area contributed by atoms with E-state index in [2.05, 4.69) is 10.2 Å². The van der Waals surface area contributed by atoms with Crippen molar-refractivity contribution in [2.75, 3.05) is 0 Å². The molecule has 0 saturated carbocycles. The van der Waals surface area contributed by atoms with Crippen LogP contribution in [-0.4, -0.2) is 19.9 Å². The first-order valence-electron chi connectivity index (χ1n) is 3.49. The maximum atomic E-state index is 10.4. The van der Waals surface area contributed by atoms with Gasteiger partial charge in [0, 0.05) is 6.07 Å². The Hall–Kier alpha value is -1.47. The summed E-state index contributed by atoms with van der Waals surface area (Å²) in [5.74, 6) is 0. The summed E-state index contributed by atoms with van der Waals surface area (Å²) >= 11 is 6.72. The summed E-state index contributed by atoms with van der Waals surface area (Å²) in [4.78, 5) is 11.2. The van der Waals surface area contributed by atoms with Crippen LogP contribution in [0, 0.1) is 10.1 Å². The fourth-order valence-electron chi connectivity index (χ4n) is 0.894. The van der Waals surface area contributed by atoms with Gasteiger partial charge in [0.2, 0.25) is 0 Å². The molecule has 0 atom stereocenters. The Balaban J connectivity index is 2.50. The first kappa shape index (κ1) is 9.10. The highest BCUT2D eigenvalue weighted by molar-refractivity contribution is 7.18. The highest BCUT2D eigenvalue weighted by atomic mass is 35.5. The molecule has 0 radical (unpaired) electrons. The number of nitro groups is 1. The quantitative estimate of drug-likeness (QED) is 0.583. The minimum atomic E-state index is -0.496. The fraction of sp³-hybridized carbons (Fsp3) is 0. The number of rotatable bonds is 2. The monoisotopic (exact) mass is 230 g/mol. The Kier molecular flexibility index (Phi) is 2.18. The zero-order chi connectivity index (χ0) is 10.1. The van der Waals surface area contributed by atoms with E-state index in [9.17, 15) is 10.1 Å². The lowest BCUT2D eigenvalue weighted by molar-refractivity contribution is -0.380. The van der Waals surface area contributed by atoms with Crippen LogP contribution >= 0.6 is 22.9 Å². The first-order chi connectivity index (χ1) is 6.68. The minimum Gasteiger partial charge on any atom is -0.258 e. The summed E-state index contributed by atoms with van der Waals surface area (Å²) in [7, 11) is 0. The minimum absolute atomic E-state index is 0.0256. The molecule has 0 unspecified atom stereocenters. The zero-order valence-corrected chi connectivity index (χ0v) is 8.20. The molecule has 14 heavy (non-hydrogen) atoms. The van der Waals surface area contributed by atoms with E-state index >= 15 is 0 Å². The first-order valence-corrected chi connectivity index (χ1v) is 4.68. The van der Waals surface area contributed by atoms with E-state index in [1.807, 2.05) is 0 Å². The number of hydrogen-bond donors (Lipinski definition) is 0. The maximum absolute atomic E-state index is 10.4. The van der Waals surface area contributed by atoms with E-state index in [4.69, 9.17) is 11.6 Å². The highest BCUT2D eigenvalue weighted by Gasteiger charge is 2.17. The van der Waals surface area contributed by atoms with Crippen LogP contribution in [0.2, 0.25) is 5.02 Å². The second kappa shape index (κ2) is 3.35. The Morgan fingerprint density at radius 2 is 2.14 bits per heavy atom. The molecular formula is C6H3ClN4O2S. The van der Waals surface area contributed by atoms with Crippen molar-refractivity contribution in [2.45, 2.75) is 0 Å². The van der Waals surface area contributed by atoms with E-state index < -0.39 is 4.92 Å². The van der Waals surface area contributed by atoms with Crippen molar-refractivity contribution in [1.82, 2.24) is 15.0 Å². The zero-order valence-electron chi connectivity index (χ0n) is 6.62. The van der Waals surface area contributed by atoms with Crippen LogP contribution in [0.3, 0.4) is 0 Å². The lowest BCUT2D eigenvalue weighted by Crippen LogP contribution is -1.95. The molecule has 0 fully saturated rings. The molecule has 2 aromatic heterocycles. The van der Waals surface area contributed by atoms with E-state index in [1.54, 1.807) is 0 Å². The topological polar surface area (TPSA) is 73.8 Å². The molecule has 0 aliphatic heterocycles. The lowest BCUT2D eigenvalue weighted by atomic mass is 10.6. The van der Waals surface area contributed by atoms with E-state index in [0.29, 0.717) is 5.00 Å². The summed E-state index contributed by atoms with van der Waals surface area (Å²) in [5, 5.41) is 18.8. The summed E-state index contributed by atoms with van der Waals surface area (Å²) in [5.41, 5.74) is 0. The van der Waals surface area contributed by atoms with Gasteiger partial charge in [0.1, 0.15) is 0 Å². The van der Waals surface area contributed by atoms with Crippen molar-refractivity contribution >= 4 is 27.9 Å². The van der Waals surface area contributed by atoms with E-state index in [1.165, 1.54) is 23.3 Å². The average molecular weight is 231 g/mol. The summed E-state index contributed by atoms with van der Waals surface area (Å²) in [6.45, 7) is 0. The highest BCUT2D eigenvalue weighted by Crippen LogP contribution is 2.34. The van der Waals surface area contributed by atoms with Gasteiger partial charge < -0.3 is 0 Å². The molecule has 0 amide bonds. The van der Waals surface area contributed by atoms with E-state index in [0.717, 1.165) is 11.3 Å². The molecule has 72 valence electrons. The Labute approximate surface area is 86.9 Å². The predicted molar refractivity (Wildman–Crippen MR) is 50.9 cm³/mol. The maximum Gasteiger partial charge on any atom is 0.327 e. The Morgan fingerprint density at radius 1 is 1.50 bits per heavy atom. The van der Waals surface area contributed by atoms with Crippen molar-refractivity contribution in [3.05, 3.63) is 33.6 Å². The molecule has 0 bridgehead atoms. The smallest absolute Gasteiger partial charge is 0.258 e. The number of nitrogens with zero attached hydrogens (tertiary/aromatic N) is 4. The van der Waals surface area contributed by atoms with Crippen LogP contribution in [-0.2, 0) is 0 Å². The average Bonchev–Trinajstić information content (AvgIpc) is 2.71. The summed E-state index contributed by atoms with van der Waals surface area (Å²) in [6.07, 6.45) is 2.95. The molecule has 2 rings (SSSR count). The van der Waals surface area contributed by atoms with Gasteiger partial charge in [-0.3, -0.25) is 10.1 Å². The van der Waals surface area contributed by atoms with Gasteiger partial charge in [-0.25, -0.2) is 0 Å². The van der Waals surface area contributed by atoms with Gasteiger partial charge in [0.15, 0.2) is 5.00 Å². The van der Waals surface area contributed by atoms with Gasteiger partial charge in [-0.15, -0.1) is 4.80 Å². The van der Waals surface area contributed by atoms with Crippen molar-refractivity contribution in [1.29, 1.82) is 0 Å². The van der Waals surface area contributed by atoms with Gasteiger partial charge >= 0.3 is 5.00 Å². The van der Waals surface area contributed by atoms with Gasteiger partial charge in [-0.05, 0) is 11.3 Å². The van der Waals surface area contributed by atoms with Crippen LogP contribution in [0.5, 0.6) is 0 Å². The Bertz CT molecular complexity index is 466. The molecule has 0 spiro atoms. The molecule has 0 aromatic carbocycles. The van der Waals surface area contributed by atoms with Crippen molar-refractivity contribution in [3.63, 3.8) is 0 Å². The molecule has 0 aliphatic rings. The van der Waals surface area contributed by atoms with Gasteiger partial charge in [0.25, 0.3) is 0 Å². The molecule has 6 nitrogen and oxygen atoms in total. The molecule has 0 N–H and O–H groups in total. The summed E-state index contributed by atoms with van der Waals surface area (Å²) < 4.78 is 0. The van der Waals surface area contributed by atoms with Crippen LogP contribution < -0.4 is 0 Å². The third-order valence-corrected chi connectivity index (χ3v) is 2.89. The third kappa shape index (κ3) is 1.47. The Morgan fingerprint density at radius 3 is 2.64 bits per heavy atom. The predicted octanol–water partition coefficient (Wildman–Crippen LogP) is 1.89. The van der Waals surface area contributed by atoms with Crippen LogP contribution in [0.4, 0.5) is 5.00 Å². The number of halogens is 1. The molecule has 0 aliphatic carbocycles. The third-order valence-electron chi connectivity index (χ3n) is 1.44. The largest absolute Gasteiger partial charge is 0.327 e. The van der Waals surface area contributed by atoms with Crippen molar-refractivity contribution in [2.24, 2.45) is 0 Å². The van der Waals surface area contributed by atoms with Crippen molar-refractivity contribution < 1.29 is 4.92 Å². The fourth-order valence-corrected chi connectivity index (χ4v) is 2.04. The summed E-state index contributed by atoms with van der Waals surface area (Å²) in [6, 6.07) is 1.28.